The molecule has 0 fully saturated rings. The summed E-state index contributed by atoms with van der Waals surface area (Å²) in [5.41, 5.74) is 0.784. The van der Waals surface area contributed by atoms with Crippen LogP contribution in [0.3, 0.4) is 0 Å². The summed E-state index contributed by atoms with van der Waals surface area (Å²) in [5.74, 6) is -2.28. The molecule has 0 unspecified atom stereocenters. The van der Waals surface area contributed by atoms with Gasteiger partial charge in [0.1, 0.15) is 12.1 Å². The molecular weight excluding hydrogens is 422 g/mol. The van der Waals surface area contributed by atoms with Gasteiger partial charge in [0.15, 0.2) is 0 Å². The van der Waals surface area contributed by atoms with E-state index in [-0.39, 0.29) is 24.8 Å². The highest BCUT2D eigenvalue weighted by Gasteiger charge is 2.27. The molecule has 1 aromatic carbocycles. The normalized spacial score (nSPS) is 12.6. The first-order valence-corrected chi connectivity index (χ1v) is 11.9. The van der Waals surface area contributed by atoms with E-state index in [9.17, 15) is 24.3 Å². The Kier molecular flexibility index (Phi) is 13.5. The van der Waals surface area contributed by atoms with Crippen LogP contribution in [-0.2, 0) is 25.6 Å². The third kappa shape index (κ3) is 12.7. The van der Waals surface area contributed by atoms with E-state index in [0.29, 0.717) is 12.8 Å². The molecule has 0 aliphatic rings. The average Bonchev–Trinajstić information content (AvgIpc) is 2.77. The second-order valence-electron chi connectivity index (χ2n) is 8.78. The van der Waals surface area contributed by atoms with Gasteiger partial charge in [0.05, 0.1) is 6.54 Å². The van der Waals surface area contributed by atoms with Gasteiger partial charge in [-0.25, -0.2) is 4.79 Å². The maximum absolute atomic E-state index is 12.8. The van der Waals surface area contributed by atoms with Gasteiger partial charge in [-0.05, 0) is 24.3 Å². The summed E-state index contributed by atoms with van der Waals surface area (Å²) in [5, 5.41) is 17.3. The minimum atomic E-state index is -1.15. The molecule has 0 bridgehead atoms. The van der Waals surface area contributed by atoms with Gasteiger partial charge in [-0.1, -0.05) is 76.8 Å². The van der Waals surface area contributed by atoms with Gasteiger partial charge in [0.25, 0.3) is 0 Å². The Hall–Kier alpha value is -2.90. The van der Waals surface area contributed by atoms with E-state index in [1.54, 1.807) is 24.3 Å². The Labute approximate surface area is 196 Å². The predicted molar refractivity (Wildman–Crippen MR) is 127 cm³/mol. The molecule has 0 aliphatic carbocycles. The molecule has 1 aromatic rings. The van der Waals surface area contributed by atoms with E-state index in [2.05, 4.69) is 22.9 Å². The molecule has 3 amide bonds. The van der Waals surface area contributed by atoms with Gasteiger partial charge in [-0.3, -0.25) is 14.4 Å². The number of nitrogens with one attached hydrogen (secondary N) is 3. The SMILES string of the molecule is CCCCCCCC(=O)NCC(=O)N[C@@H](CC(C)C)C(=O)N[C@@H](Cc1ccccc1)C(=O)O. The van der Waals surface area contributed by atoms with Crippen LogP contribution in [0.1, 0.15) is 71.3 Å². The lowest BCUT2D eigenvalue weighted by Crippen LogP contribution is -2.54. The third-order valence-corrected chi connectivity index (χ3v) is 5.21. The molecular formula is C25H39N3O5. The third-order valence-electron chi connectivity index (χ3n) is 5.21. The lowest BCUT2D eigenvalue weighted by atomic mass is 10.0. The van der Waals surface area contributed by atoms with Gasteiger partial charge in [-0.15, -0.1) is 0 Å². The summed E-state index contributed by atoms with van der Waals surface area (Å²) in [6.45, 7) is 5.72. The number of unbranched alkanes of at least 4 members (excludes halogenated alkanes) is 4. The number of rotatable bonds is 16. The highest BCUT2D eigenvalue weighted by Crippen LogP contribution is 2.08. The van der Waals surface area contributed by atoms with Crippen LogP contribution in [0.15, 0.2) is 30.3 Å². The van der Waals surface area contributed by atoms with E-state index < -0.39 is 29.9 Å². The van der Waals surface area contributed by atoms with E-state index >= 15 is 0 Å². The van der Waals surface area contributed by atoms with Crippen molar-refractivity contribution in [3.05, 3.63) is 35.9 Å². The number of benzene rings is 1. The van der Waals surface area contributed by atoms with Gasteiger partial charge in [0, 0.05) is 12.8 Å². The number of hydrogen-bond donors (Lipinski definition) is 4. The molecule has 0 radical (unpaired) electrons. The van der Waals surface area contributed by atoms with Gasteiger partial charge in [0.2, 0.25) is 17.7 Å². The fraction of sp³-hybridized carbons (Fsp3) is 0.600. The Morgan fingerprint density at radius 1 is 0.879 bits per heavy atom. The number of amides is 3. The first-order chi connectivity index (χ1) is 15.7. The van der Waals surface area contributed by atoms with Crippen molar-refractivity contribution in [3.63, 3.8) is 0 Å². The van der Waals surface area contributed by atoms with Crippen LogP contribution >= 0.6 is 0 Å². The van der Waals surface area contributed by atoms with Gasteiger partial charge >= 0.3 is 5.97 Å². The number of carboxylic acids is 1. The molecule has 0 heterocycles. The average molecular weight is 462 g/mol. The van der Waals surface area contributed by atoms with Crippen LogP contribution in [-0.4, -0.2) is 47.4 Å². The van der Waals surface area contributed by atoms with Crippen LogP contribution < -0.4 is 16.0 Å². The van der Waals surface area contributed by atoms with E-state index in [4.69, 9.17) is 0 Å². The molecule has 8 nitrogen and oxygen atoms in total. The number of hydrogen-bond acceptors (Lipinski definition) is 4. The summed E-state index contributed by atoms with van der Waals surface area (Å²) < 4.78 is 0. The Morgan fingerprint density at radius 2 is 1.55 bits per heavy atom. The first-order valence-electron chi connectivity index (χ1n) is 11.9. The molecule has 0 saturated carbocycles. The minimum absolute atomic E-state index is 0.0937. The summed E-state index contributed by atoms with van der Waals surface area (Å²) in [7, 11) is 0. The maximum atomic E-state index is 12.8. The zero-order chi connectivity index (χ0) is 24.6. The molecule has 8 heteroatoms. The Morgan fingerprint density at radius 3 is 2.15 bits per heavy atom. The summed E-state index contributed by atoms with van der Waals surface area (Å²) in [6, 6.07) is 7.02. The smallest absolute Gasteiger partial charge is 0.326 e. The maximum Gasteiger partial charge on any atom is 0.326 e. The van der Waals surface area contributed by atoms with Crippen molar-refractivity contribution in [2.24, 2.45) is 5.92 Å². The van der Waals surface area contributed by atoms with Crippen molar-refractivity contribution in [1.29, 1.82) is 0 Å². The minimum Gasteiger partial charge on any atom is -0.480 e. The number of carbonyl (C=O) groups excluding carboxylic acids is 3. The predicted octanol–water partition coefficient (Wildman–Crippen LogP) is 2.81. The van der Waals surface area contributed by atoms with Crippen molar-refractivity contribution in [1.82, 2.24) is 16.0 Å². The lowest BCUT2D eigenvalue weighted by molar-refractivity contribution is -0.142. The van der Waals surface area contributed by atoms with Gasteiger partial charge in [-0.2, -0.15) is 0 Å². The zero-order valence-electron chi connectivity index (χ0n) is 20.1. The molecule has 4 N–H and O–H groups in total. The molecule has 0 aliphatic heterocycles. The van der Waals surface area contributed by atoms with Gasteiger partial charge < -0.3 is 21.1 Å². The monoisotopic (exact) mass is 461 g/mol. The van der Waals surface area contributed by atoms with Crippen LogP contribution in [0.4, 0.5) is 0 Å². The van der Waals surface area contributed by atoms with E-state index in [1.165, 1.54) is 0 Å². The summed E-state index contributed by atoms with van der Waals surface area (Å²) in [4.78, 5) is 48.8. The van der Waals surface area contributed by atoms with E-state index in [0.717, 1.165) is 37.7 Å². The van der Waals surface area contributed by atoms with Crippen molar-refractivity contribution in [3.8, 4) is 0 Å². The Bertz CT molecular complexity index is 752. The Balaban J connectivity index is 2.59. The highest BCUT2D eigenvalue weighted by molar-refractivity contribution is 5.92. The molecule has 2 atom stereocenters. The number of carbonyl (C=O) groups is 4. The largest absolute Gasteiger partial charge is 0.480 e. The van der Waals surface area contributed by atoms with E-state index in [1.807, 2.05) is 19.9 Å². The standard InChI is InChI=1S/C25H39N3O5/c1-4-5-6-7-11-14-22(29)26-17-23(30)27-20(15-18(2)3)24(31)28-21(25(32)33)16-19-12-9-8-10-13-19/h8-10,12-13,18,20-21H,4-7,11,14-17H2,1-3H3,(H,26,29)(H,27,30)(H,28,31)(H,32,33)/t20-,21-/m0/s1. The van der Waals surface area contributed by atoms with Crippen molar-refractivity contribution in [2.45, 2.75) is 84.2 Å². The molecule has 1 rings (SSSR count). The zero-order valence-corrected chi connectivity index (χ0v) is 20.1. The van der Waals surface area contributed by atoms with Crippen molar-refractivity contribution in [2.75, 3.05) is 6.54 Å². The molecule has 184 valence electrons. The fourth-order valence-electron chi connectivity index (χ4n) is 3.43. The van der Waals surface area contributed by atoms with Crippen LogP contribution in [0.2, 0.25) is 0 Å². The first kappa shape index (κ1) is 28.1. The highest BCUT2D eigenvalue weighted by atomic mass is 16.4. The quantitative estimate of drug-likeness (QED) is 0.282. The molecule has 0 aromatic heterocycles. The lowest BCUT2D eigenvalue weighted by Gasteiger charge is -2.23. The van der Waals surface area contributed by atoms with Crippen LogP contribution in [0, 0.1) is 5.92 Å². The molecule has 0 saturated heterocycles. The summed E-state index contributed by atoms with van der Waals surface area (Å²) >= 11 is 0. The number of carboxylic acid groups (broad SMARTS) is 1. The molecule has 0 spiro atoms. The summed E-state index contributed by atoms with van der Waals surface area (Å²) in [6.07, 6.45) is 6.00. The van der Waals surface area contributed by atoms with Crippen LogP contribution in [0.5, 0.6) is 0 Å². The van der Waals surface area contributed by atoms with Crippen molar-refractivity contribution < 1.29 is 24.3 Å². The topological polar surface area (TPSA) is 125 Å². The van der Waals surface area contributed by atoms with Crippen molar-refractivity contribution >= 4 is 23.7 Å². The fourth-order valence-corrected chi connectivity index (χ4v) is 3.43. The van der Waals surface area contributed by atoms with Crippen LogP contribution in [0.25, 0.3) is 0 Å². The number of aliphatic carboxylic acids is 1. The second kappa shape index (κ2) is 15.8. The second-order valence-corrected chi connectivity index (χ2v) is 8.78. The molecule has 33 heavy (non-hydrogen) atoms.